The van der Waals surface area contributed by atoms with Crippen LogP contribution in [0.4, 0.5) is 20.3 Å². The van der Waals surface area contributed by atoms with E-state index < -0.39 is 17.5 Å². The average molecular weight is 402 g/mol. The molecule has 146 valence electrons. The van der Waals surface area contributed by atoms with Gasteiger partial charge >= 0.3 is 0 Å². The van der Waals surface area contributed by atoms with E-state index in [1.807, 2.05) is 6.92 Å². The van der Waals surface area contributed by atoms with Gasteiger partial charge < -0.3 is 10.2 Å². The van der Waals surface area contributed by atoms with Gasteiger partial charge in [0.15, 0.2) is 0 Å². The molecule has 1 N–H and O–H groups in total. The first-order chi connectivity index (χ1) is 13.5. The molecule has 0 radical (unpaired) electrons. The molecule has 1 fully saturated rings. The summed E-state index contributed by atoms with van der Waals surface area (Å²) in [6.07, 6.45) is 4.93. The number of carbonyl (C=O) groups excluding carboxylic acids is 1. The molecule has 1 amide bonds. The number of aromatic nitrogens is 2. The number of thiophene rings is 1. The van der Waals surface area contributed by atoms with Crippen LogP contribution in [0.25, 0.3) is 10.2 Å². The van der Waals surface area contributed by atoms with E-state index in [1.165, 1.54) is 30.2 Å². The van der Waals surface area contributed by atoms with Gasteiger partial charge in [0.1, 0.15) is 28.6 Å². The Morgan fingerprint density at radius 3 is 2.86 bits per heavy atom. The molecule has 28 heavy (non-hydrogen) atoms. The Hall–Kier alpha value is -2.61. The van der Waals surface area contributed by atoms with Crippen LogP contribution in [0.1, 0.15) is 41.4 Å². The summed E-state index contributed by atoms with van der Waals surface area (Å²) < 4.78 is 27.0. The van der Waals surface area contributed by atoms with Crippen LogP contribution < -0.4 is 10.2 Å². The van der Waals surface area contributed by atoms with Crippen LogP contribution in [0, 0.1) is 18.6 Å². The number of aryl methyl sites for hydroxylation is 1. The lowest BCUT2D eigenvalue weighted by atomic mass is 10.0. The van der Waals surface area contributed by atoms with Crippen molar-refractivity contribution in [2.75, 3.05) is 16.8 Å². The summed E-state index contributed by atoms with van der Waals surface area (Å²) in [4.78, 5) is 25.1. The molecular formula is C20H20F2N4OS. The van der Waals surface area contributed by atoms with E-state index in [0.29, 0.717) is 10.9 Å². The van der Waals surface area contributed by atoms with Crippen LogP contribution in [0.15, 0.2) is 24.5 Å². The highest BCUT2D eigenvalue weighted by Crippen LogP contribution is 2.37. The van der Waals surface area contributed by atoms with Crippen molar-refractivity contribution in [1.29, 1.82) is 0 Å². The first kappa shape index (κ1) is 18.7. The Bertz CT molecular complexity index is 1050. The minimum Gasteiger partial charge on any atom is -0.353 e. The Labute approximate surface area is 165 Å². The molecule has 1 aliphatic rings. The van der Waals surface area contributed by atoms with Crippen molar-refractivity contribution in [3.05, 3.63) is 46.6 Å². The topological polar surface area (TPSA) is 58.1 Å². The number of hydrogen-bond acceptors (Lipinski definition) is 5. The van der Waals surface area contributed by atoms with Crippen LogP contribution in [0.2, 0.25) is 0 Å². The van der Waals surface area contributed by atoms with Crippen LogP contribution in [-0.2, 0) is 0 Å². The lowest BCUT2D eigenvalue weighted by Gasteiger charge is -2.34. The Morgan fingerprint density at radius 1 is 1.29 bits per heavy atom. The number of hydrogen-bond donors (Lipinski definition) is 1. The van der Waals surface area contributed by atoms with Crippen LogP contribution in [0.5, 0.6) is 0 Å². The second-order valence-corrected chi connectivity index (χ2v) is 8.05. The van der Waals surface area contributed by atoms with Gasteiger partial charge in [-0.3, -0.25) is 4.79 Å². The molecule has 0 spiro atoms. The number of nitrogens with zero attached hydrogens (tertiary/aromatic N) is 3. The SMILES string of the molecule is Cc1c(C(=O)Nc2ccc(F)cc2F)sc2ncnc(N3CCCC[C@H]3C)c12. The van der Waals surface area contributed by atoms with E-state index in [-0.39, 0.29) is 5.69 Å². The summed E-state index contributed by atoms with van der Waals surface area (Å²) in [6.45, 7) is 4.96. The average Bonchev–Trinajstić information content (AvgIpc) is 3.01. The summed E-state index contributed by atoms with van der Waals surface area (Å²) in [6, 6.07) is 3.44. The predicted molar refractivity (Wildman–Crippen MR) is 107 cm³/mol. The van der Waals surface area contributed by atoms with Crippen molar-refractivity contribution in [2.45, 2.75) is 39.2 Å². The minimum absolute atomic E-state index is 0.0563. The van der Waals surface area contributed by atoms with Gasteiger partial charge in [0.2, 0.25) is 0 Å². The molecule has 0 unspecified atom stereocenters. The molecule has 1 atom stereocenters. The van der Waals surface area contributed by atoms with Crippen molar-refractivity contribution in [1.82, 2.24) is 9.97 Å². The molecule has 3 heterocycles. The van der Waals surface area contributed by atoms with Gasteiger partial charge in [0.05, 0.1) is 16.0 Å². The number of amides is 1. The second-order valence-electron chi connectivity index (χ2n) is 7.05. The lowest BCUT2D eigenvalue weighted by Crippen LogP contribution is -2.38. The fraction of sp³-hybridized carbons (Fsp3) is 0.350. The highest BCUT2D eigenvalue weighted by molar-refractivity contribution is 7.20. The standard InChI is InChI=1S/C20H20F2N4OS/c1-11-5-3-4-8-26(11)18-16-12(2)17(28-20(16)24-10-23-18)19(27)25-15-7-6-13(21)9-14(15)22/h6-7,9-11H,3-5,8H2,1-2H3,(H,25,27)/t11-/m1/s1. The maximum absolute atomic E-state index is 13.9. The van der Waals surface area contributed by atoms with E-state index >= 15 is 0 Å². The maximum Gasteiger partial charge on any atom is 0.266 e. The Balaban J connectivity index is 1.71. The fourth-order valence-electron chi connectivity index (χ4n) is 3.67. The summed E-state index contributed by atoms with van der Waals surface area (Å²) in [5, 5.41) is 3.40. The van der Waals surface area contributed by atoms with Gasteiger partial charge in [-0.15, -0.1) is 11.3 Å². The number of rotatable bonds is 3. The quantitative estimate of drug-likeness (QED) is 0.676. The lowest BCUT2D eigenvalue weighted by molar-refractivity contribution is 0.102. The monoisotopic (exact) mass is 402 g/mol. The van der Waals surface area contributed by atoms with Crippen molar-refractivity contribution in [3.8, 4) is 0 Å². The third-order valence-corrected chi connectivity index (χ3v) is 6.37. The van der Waals surface area contributed by atoms with Gasteiger partial charge in [-0.05, 0) is 50.8 Å². The summed E-state index contributed by atoms with van der Waals surface area (Å²) in [5.41, 5.74) is 0.715. The first-order valence-corrected chi connectivity index (χ1v) is 10.0. The molecule has 1 saturated heterocycles. The molecule has 8 heteroatoms. The van der Waals surface area contributed by atoms with E-state index in [0.717, 1.165) is 53.1 Å². The second kappa shape index (κ2) is 7.43. The highest BCUT2D eigenvalue weighted by Gasteiger charge is 2.26. The van der Waals surface area contributed by atoms with Crippen molar-refractivity contribution in [3.63, 3.8) is 0 Å². The zero-order valence-corrected chi connectivity index (χ0v) is 16.4. The molecule has 4 rings (SSSR count). The zero-order valence-electron chi connectivity index (χ0n) is 15.6. The smallest absolute Gasteiger partial charge is 0.266 e. The summed E-state index contributed by atoms with van der Waals surface area (Å²) in [5.74, 6) is -1.10. The molecule has 3 aromatic rings. The van der Waals surface area contributed by atoms with Gasteiger partial charge in [-0.2, -0.15) is 0 Å². The molecule has 2 aromatic heterocycles. The van der Waals surface area contributed by atoms with Gasteiger partial charge in [-0.25, -0.2) is 18.7 Å². The zero-order chi connectivity index (χ0) is 19.8. The highest BCUT2D eigenvalue weighted by atomic mass is 32.1. The van der Waals surface area contributed by atoms with Crippen molar-refractivity contribution < 1.29 is 13.6 Å². The summed E-state index contributed by atoms with van der Waals surface area (Å²) >= 11 is 1.25. The number of benzene rings is 1. The maximum atomic E-state index is 13.9. The third kappa shape index (κ3) is 3.32. The van der Waals surface area contributed by atoms with Gasteiger partial charge in [0.25, 0.3) is 5.91 Å². The number of piperidine rings is 1. The number of anilines is 2. The van der Waals surface area contributed by atoms with E-state index in [4.69, 9.17) is 0 Å². The minimum atomic E-state index is -0.810. The normalized spacial score (nSPS) is 17.1. The number of carbonyl (C=O) groups is 1. The largest absolute Gasteiger partial charge is 0.353 e. The molecule has 1 aliphatic heterocycles. The molecule has 0 aliphatic carbocycles. The van der Waals surface area contributed by atoms with E-state index in [2.05, 4.69) is 27.1 Å². The van der Waals surface area contributed by atoms with Crippen molar-refractivity contribution in [2.24, 2.45) is 0 Å². The van der Waals surface area contributed by atoms with Crippen LogP contribution in [0.3, 0.4) is 0 Å². The van der Waals surface area contributed by atoms with Crippen LogP contribution in [-0.4, -0.2) is 28.5 Å². The molecular weight excluding hydrogens is 382 g/mol. The number of halogens is 2. The molecule has 5 nitrogen and oxygen atoms in total. The molecule has 0 saturated carbocycles. The van der Waals surface area contributed by atoms with E-state index in [9.17, 15) is 13.6 Å². The summed E-state index contributed by atoms with van der Waals surface area (Å²) in [7, 11) is 0. The Morgan fingerprint density at radius 2 is 2.11 bits per heavy atom. The van der Waals surface area contributed by atoms with Gasteiger partial charge in [-0.1, -0.05) is 0 Å². The molecule has 1 aromatic carbocycles. The van der Waals surface area contributed by atoms with E-state index in [1.54, 1.807) is 0 Å². The third-order valence-electron chi connectivity index (χ3n) is 5.17. The fourth-order valence-corrected chi connectivity index (χ4v) is 4.71. The van der Waals surface area contributed by atoms with Gasteiger partial charge in [0, 0.05) is 18.7 Å². The van der Waals surface area contributed by atoms with Crippen LogP contribution >= 0.6 is 11.3 Å². The number of nitrogens with one attached hydrogen (secondary N) is 1. The molecule has 0 bridgehead atoms. The number of fused-ring (bicyclic) bond motifs is 1. The first-order valence-electron chi connectivity index (χ1n) is 9.23. The predicted octanol–water partition coefficient (Wildman–Crippen LogP) is 4.91. The van der Waals surface area contributed by atoms with Crippen molar-refractivity contribution >= 4 is 39.0 Å². The Kier molecular flexibility index (Phi) is 4.97.